The molecule has 0 aromatic carbocycles. The van der Waals surface area contributed by atoms with Crippen LogP contribution >= 0.6 is 0 Å². The van der Waals surface area contributed by atoms with Gasteiger partial charge in [-0.1, -0.05) is 27.7 Å². The molecule has 0 radical (unpaired) electrons. The zero-order valence-corrected chi connectivity index (χ0v) is 16.8. The van der Waals surface area contributed by atoms with Crippen molar-refractivity contribution in [2.24, 2.45) is 23.7 Å². The summed E-state index contributed by atoms with van der Waals surface area (Å²) in [5.74, 6) is 0.419. The van der Waals surface area contributed by atoms with Crippen LogP contribution < -0.4 is 10.6 Å². The maximum atomic E-state index is 12.2. The molecule has 0 aliphatic heterocycles. The molecule has 24 heavy (non-hydrogen) atoms. The number of aliphatic hydroxyl groups is 1. The first-order valence-electron chi connectivity index (χ1n) is 9.08. The van der Waals surface area contributed by atoms with E-state index < -0.39 is 6.10 Å². The van der Waals surface area contributed by atoms with Gasteiger partial charge in [0.1, 0.15) is 0 Å². The summed E-state index contributed by atoms with van der Waals surface area (Å²) in [6.07, 6.45) is 1.15. The Morgan fingerprint density at radius 2 is 1.58 bits per heavy atom. The average molecular weight is 343 g/mol. The van der Waals surface area contributed by atoms with E-state index in [2.05, 4.69) is 24.5 Å². The molecule has 5 heteroatoms. The van der Waals surface area contributed by atoms with Crippen molar-refractivity contribution in [2.45, 2.75) is 79.4 Å². The Balaban J connectivity index is 4.65. The van der Waals surface area contributed by atoms with E-state index in [0.717, 1.165) is 6.42 Å². The molecule has 0 aromatic rings. The zero-order valence-electron chi connectivity index (χ0n) is 16.8. The summed E-state index contributed by atoms with van der Waals surface area (Å²) in [6, 6.07) is 0. The standard InChI is InChI=1S/C19H38N2O3/c1-12(2)15(11-17(23)21-19(5,6)7)9-13(3)16(22)10-14(4)18(24)20-8/h12-16,22H,9-11H2,1-8H3,(H,20,24)(H,21,23). The predicted molar refractivity (Wildman–Crippen MR) is 98.5 cm³/mol. The van der Waals surface area contributed by atoms with Crippen molar-refractivity contribution >= 4 is 11.8 Å². The van der Waals surface area contributed by atoms with E-state index in [9.17, 15) is 14.7 Å². The lowest BCUT2D eigenvalue weighted by Gasteiger charge is -2.29. The maximum absolute atomic E-state index is 12.2. The third-order valence-electron chi connectivity index (χ3n) is 4.53. The van der Waals surface area contributed by atoms with Crippen LogP contribution in [0.25, 0.3) is 0 Å². The molecule has 0 aliphatic rings. The Morgan fingerprint density at radius 1 is 1.04 bits per heavy atom. The third kappa shape index (κ3) is 9.26. The van der Waals surface area contributed by atoms with Crippen molar-refractivity contribution in [3.8, 4) is 0 Å². The van der Waals surface area contributed by atoms with Crippen LogP contribution in [-0.2, 0) is 9.59 Å². The van der Waals surface area contributed by atoms with Crippen LogP contribution in [0.3, 0.4) is 0 Å². The van der Waals surface area contributed by atoms with Crippen LogP contribution in [0.5, 0.6) is 0 Å². The topological polar surface area (TPSA) is 78.4 Å². The number of hydrogen-bond acceptors (Lipinski definition) is 3. The minimum Gasteiger partial charge on any atom is -0.393 e. The van der Waals surface area contributed by atoms with Gasteiger partial charge in [0.25, 0.3) is 0 Å². The fraction of sp³-hybridized carbons (Fsp3) is 0.895. The predicted octanol–water partition coefficient (Wildman–Crippen LogP) is 2.72. The first-order valence-corrected chi connectivity index (χ1v) is 9.08. The number of aliphatic hydroxyl groups excluding tert-OH is 1. The molecule has 0 bridgehead atoms. The fourth-order valence-electron chi connectivity index (χ4n) is 2.88. The molecule has 3 N–H and O–H groups in total. The van der Waals surface area contributed by atoms with E-state index in [1.54, 1.807) is 7.05 Å². The van der Waals surface area contributed by atoms with Crippen molar-refractivity contribution in [3.05, 3.63) is 0 Å². The molecule has 0 fully saturated rings. The number of carbonyl (C=O) groups is 2. The van der Waals surface area contributed by atoms with Crippen molar-refractivity contribution in [2.75, 3.05) is 7.05 Å². The number of rotatable bonds is 9. The van der Waals surface area contributed by atoms with Crippen LogP contribution in [0.15, 0.2) is 0 Å². The molecule has 0 spiro atoms. The van der Waals surface area contributed by atoms with E-state index in [4.69, 9.17) is 0 Å². The SMILES string of the molecule is CNC(=O)C(C)CC(O)C(C)CC(CC(=O)NC(C)(C)C)C(C)C. The highest BCUT2D eigenvalue weighted by atomic mass is 16.3. The fourth-order valence-corrected chi connectivity index (χ4v) is 2.88. The van der Waals surface area contributed by atoms with Crippen LogP contribution in [0.4, 0.5) is 0 Å². The second kappa shape index (κ2) is 10.0. The molecule has 0 heterocycles. The van der Waals surface area contributed by atoms with Gasteiger partial charge in [-0.05, 0) is 51.4 Å². The molecule has 0 aromatic heterocycles. The van der Waals surface area contributed by atoms with Gasteiger partial charge < -0.3 is 15.7 Å². The molecule has 0 rings (SSSR count). The summed E-state index contributed by atoms with van der Waals surface area (Å²) in [6.45, 7) is 14.0. The first kappa shape index (κ1) is 22.9. The summed E-state index contributed by atoms with van der Waals surface area (Å²) in [5, 5.41) is 16.0. The van der Waals surface area contributed by atoms with Gasteiger partial charge >= 0.3 is 0 Å². The molecular weight excluding hydrogens is 304 g/mol. The lowest BCUT2D eigenvalue weighted by molar-refractivity contribution is -0.125. The van der Waals surface area contributed by atoms with Crippen LogP contribution in [-0.4, -0.2) is 35.6 Å². The second-order valence-corrected chi connectivity index (χ2v) is 8.54. The minimum absolute atomic E-state index is 0.0481. The Morgan fingerprint density at radius 3 is 2.00 bits per heavy atom. The Labute approximate surface area is 148 Å². The highest BCUT2D eigenvalue weighted by Crippen LogP contribution is 2.27. The molecule has 0 aliphatic carbocycles. The molecule has 0 saturated carbocycles. The summed E-state index contributed by atoms with van der Waals surface area (Å²) < 4.78 is 0. The van der Waals surface area contributed by atoms with E-state index in [1.807, 2.05) is 34.6 Å². The van der Waals surface area contributed by atoms with Gasteiger partial charge in [-0.15, -0.1) is 0 Å². The molecular formula is C19H38N2O3. The number of carbonyl (C=O) groups excluding carboxylic acids is 2. The van der Waals surface area contributed by atoms with Crippen molar-refractivity contribution in [1.29, 1.82) is 0 Å². The largest absolute Gasteiger partial charge is 0.393 e. The van der Waals surface area contributed by atoms with Crippen molar-refractivity contribution in [3.63, 3.8) is 0 Å². The van der Waals surface area contributed by atoms with Gasteiger partial charge in [0.15, 0.2) is 0 Å². The molecule has 4 unspecified atom stereocenters. The molecule has 5 nitrogen and oxygen atoms in total. The van der Waals surface area contributed by atoms with Gasteiger partial charge in [-0.25, -0.2) is 0 Å². The van der Waals surface area contributed by atoms with Gasteiger partial charge in [0.2, 0.25) is 11.8 Å². The number of amides is 2. The van der Waals surface area contributed by atoms with Gasteiger partial charge in [-0.2, -0.15) is 0 Å². The molecule has 142 valence electrons. The third-order valence-corrected chi connectivity index (χ3v) is 4.53. The zero-order chi connectivity index (χ0) is 19.1. The normalized spacial score (nSPS) is 17.1. The monoisotopic (exact) mass is 342 g/mol. The summed E-state index contributed by atoms with van der Waals surface area (Å²) in [4.78, 5) is 23.8. The molecule has 0 saturated heterocycles. The summed E-state index contributed by atoms with van der Waals surface area (Å²) in [7, 11) is 1.61. The average Bonchev–Trinajstić information content (AvgIpc) is 2.42. The minimum atomic E-state index is -0.538. The number of nitrogens with one attached hydrogen (secondary N) is 2. The highest BCUT2D eigenvalue weighted by Gasteiger charge is 2.27. The van der Waals surface area contributed by atoms with Crippen molar-refractivity contribution < 1.29 is 14.7 Å². The smallest absolute Gasteiger partial charge is 0.222 e. The molecule has 2 amide bonds. The van der Waals surface area contributed by atoms with Crippen LogP contribution in [0, 0.1) is 23.7 Å². The second-order valence-electron chi connectivity index (χ2n) is 8.54. The lowest BCUT2D eigenvalue weighted by atomic mass is 9.81. The van der Waals surface area contributed by atoms with Gasteiger partial charge in [0, 0.05) is 24.9 Å². The van der Waals surface area contributed by atoms with Crippen LogP contribution in [0.2, 0.25) is 0 Å². The summed E-state index contributed by atoms with van der Waals surface area (Å²) >= 11 is 0. The number of hydrogen-bond donors (Lipinski definition) is 3. The Kier molecular flexibility index (Phi) is 9.56. The van der Waals surface area contributed by atoms with Gasteiger partial charge in [-0.3, -0.25) is 9.59 Å². The van der Waals surface area contributed by atoms with Gasteiger partial charge in [0.05, 0.1) is 6.10 Å². The van der Waals surface area contributed by atoms with E-state index >= 15 is 0 Å². The van der Waals surface area contributed by atoms with E-state index in [0.29, 0.717) is 18.8 Å². The van der Waals surface area contributed by atoms with E-state index in [1.165, 1.54) is 0 Å². The quantitative estimate of drug-likeness (QED) is 0.603. The lowest BCUT2D eigenvalue weighted by Crippen LogP contribution is -2.42. The van der Waals surface area contributed by atoms with Crippen molar-refractivity contribution in [1.82, 2.24) is 10.6 Å². The van der Waals surface area contributed by atoms with E-state index in [-0.39, 0.29) is 35.1 Å². The summed E-state index contributed by atoms with van der Waals surface area (Å²) in [5.41, 5.74) is -0.229. The highest BCUT2D eigenvalue weighted by molar-refractivity contribution is 5.78. The first-order chi connectivity index (χ1) is 10.9. The Bertz CT molecular complexity index is 402. The maximum Gasteiger partial charge on any atom is 0.222 e. The van der Waals surface area contributed by atoms with Crippen LogP contribution in [0.1, 0.15) is 67.7 Å². The Hall–Kier alpha value is -1.10. The molecule has 4 atom stereocenters.